The van der Waals surface area contributed by atoms with E-state index in [0.717, 1.165) is 80.8 Å². The van der Waals surface area contributed by atoms with Crippen molar-refractivity contribution >= 4 is 10.9 Å². The molecule has 2 unspecified atom stereocenters. The molecule has 59 heavy (non-hydrogen) atoms. The summed E-state index contributed by atoms with van der Waals surface area (Å²) in [5, 5.41) is 11.2. The topological polar surface area (TPSA) is 57.2 Å². The summed E-state index contributed by atoms with van der Waals surface area (Å²) in [5.41, 5.74) is 18.5. The first-order chi connectivity index (χ1) is 28.3. The van der Waals surface area contributed by atoms with Crippen LogP contribution in [0.15, 0.2) is 104 Å². The molecule has 6 nitrogen and oxygen atoms in total. The van der Waals surface area contributed by atoms with Crippen molar-refractivity contribution in [2.75, 3.05) is 20.1 Å². The summed E-state index contributed by atoms with van der Waals surface area (Å²) in [6.07, 6.45) is 16.2. The zero-order valence-electron chi connectivity index (χ0n) is 37.7. The minimum Gasteiger partial charge on any atom is -0.379 e. The van der Waals surface area contributed by atoms with Gasteiger partial charge in [-0.2, -0.15) is 0 Å². The van der Waals surface area contributed by atoms with Crippen LogP contribution in [0.1, 0.15) is 121 Å². The number of nitrogens with zero attached hydrogens (tertiary/aromatic N) is 3. The second-order valence-corrected chi connectivity index (χ2v) is 18.7. The summed E-state index contributed by atoms with van der Waals surface area (Å²) in [6, 6.07) is 19.0. The van der Waals surface area contributed by atoms with Crippen molar-refractivity contribution in [3.05, 3.63) is 126 Å². The lowest BCUT2D eigenvalue weighted by atomic mass is 9.80. The monoisotopic (exact) mass is 795 g/mol. The highest BCUT2D eigenvalue weighted by Gasteiger charge is 2.30. The zero-order chi connectivity index (χ0) is 42.3. The third-order valence-electron chi connectivity index (χ3n) is 12.9. The maximum atomic E-state index is 4.95. The van der Waals surface area contributed by atoms with Gasteiger partial charge in [-0.25, -0.2) is 5.43 Å². The van der Waals surface area contributed by atoms with Crippen LogP contribution in [-0.2, 0) is 25.8 Å². The average molecular weight is 795 g/mol. The highest BCUT2D eigenvalue weighted by Crippen LogP contribution is 2.43. The molecule has 6 heteroatoms. The van der Waals surface area contributed by atoms with Gasteiger partial charge >= 0.3 is 0 Å². The molecular formula is C53H74N6. The van der Waals surface area contributed by atoms with Crippen LogP contribution in [0.25, 0.3) is 33.3 Å². The first-order valence-electron chi connectivity index (χ1n) is 22.6. The van der Waals surface area contributed by atoms with E-state index in [1.54, 1.807) is 0 Å². The summed E-state index contributed by atoms with van der Waals surface area (Å²) in [4.78, 5) is 4.95. The van der Waals surface area contributed by atoms with Crippen molar-refractivity contribution in [2.24, 2.45) is 11.3 Å². The van der Waals surface area contributed by atoms with E-state index in [4.69, 9.17) is 11.6 Å². The number of hydrogen-bond acceptors (Lipinski definition) is 5. The molecule has 0 amide bonds. The normalized spacial score (nSPS) is 16.1. The molecule has 316 valence electrons. The number of likely N-dealkylation sites (N-methyl/N-ethyl adjacent to an activating group) is 1. The van der Waals surface area contributed by atoms with Gasteiger partial charge in [-0.05, 0) is 148 Å². The van der Waals surface area contributed by atoms with Gasteiger partial charge in [0, 0.05) is 59.7 Å². The number of rotatable bonds is 20. The third-order valence-corrected chi connectivity index (χ3v) is 12.9. The smallest absolute Gasteiger partial charge is 0.0707 e. The van der Waals surface area contributed by atoms with E-state index in [1.165, 1.54) is 82.1 Å². The van der Waals surface area contributed by atoms with Gasteiger partial charge in [0.1, 0.15) is 0 Å². The molecule has 3 N–H and O–H groups in total. The third kappa shape index (κ3) is 10.5. The molecule has 1 saturated heterocycles. The van der Waals surface area contributed by atoms with Crippen molar-refractivity contribution in [3.63, 3.8) is 0 Å². The van der Waals surface area contributed by atoms with Crippen LogP contribution < -0.4 is 16.1 Å². The fraction of sp³-hybridized carbons (Fsp3) is 0.491. The molecule has 4 aromatic rings. The van der Waals surface area contributed by atoms with E-state index in [-0.39, 0.29) is 17.5 Å². The van der Waals surface area contributed by atoms with Crippen LogP contribution in [0, 0.1) is 11.3 Å². The fourth-order valence-corrected chi connectivity index (χ4v) is 9.96. The number of aromatic nitrogens is 2. The summed E-state index contributed by atoms with van der Waals surface area (Å²) in [7, 11) is 2.08. The zero-order valence-corrected chi connectivity index (χ0v) is 37.7. The molecule has 6 rings (SSSR count). The molecule has 2 aromatic carbocycles. The molecule has 1 aliphatic heterocycles. The Kier molecular flexibility index (Phi) is 14.8. The van der Waals surface area contributed by atoms with Gasteiger partial charge in [0.15, 0.2) is 0 Å². The lowest BCUT2D eigenvalue weighted by molar-refractivity contribution is 0.187. The lowest BCUT2D eigenvalue weighted by Crippen LogP contribution is -2.50. The van der Waals surface area contributed by atoms with Crippen molar-refractivity contribution in [3.8, 4) is 22.4 Å². The summed E-state index contributed by atoms with van der Waals surface area (Å²) in [5.74, 6) is 0.920. The minimum atomic E-state index is -0.0130. The Morgan fingerprint density at radius 1 is 1.00 bits per heavy atom. The molecule has 3 heterocycles. The van der Waals surface area contributed by atoms with E-state index in [1.807, 2.05) is 6.20 Å². The Labute approximate surface area is 357 Å². The molecule has 2 atom stereocenters. The van der Waals surface area contributed by atoms with Gasteiger partial charge in [-0.3, -0.25) is 4.98 Å². The Morgan fingerprint density at radius 2 is 1.76 bits per heavy atom. The van der Waals surface area contributed by atoms with Gasteiger partial charge in [0.2, 0.25) is 0 Å². The Morgan fingerprint density at radius 3 is 2.42 bits per heavy atom. The van der Waals surface area contributed by atoms with Crippen LogP contribution in [-0.4, -0.2) is 46.8 Å². The second-order valence-electron chi connectivity index (χ2n) is 18.7. The van der Waals surface area contributed by atoms with Crippen LogP contribution in [0.4, 0.5) is 0 Å². The highest BCUT2D eigenvalue weighted by molar-refractivity contribution is 5.95. The molecule has 0 bridgehead atoms. The number of benzene rings is 2. The number of aryl methyl sites for hydroxylation is 1. The average Bonchev–Trinajstić information content (AvgIpc) is 3.86. The van der Waals surface area contributed by atoms with E-state index in [2.05, 4.69) is 149 Å². The summed E-state index contributed by atoms with van der Waals surface area (Å²) >= 11 is 0. The van der Waals surface area contributed by atoms with Gasteiger partial charge in [-0.15, -0.1) is 6.58 Å². The number of fused-ring (bicyclic) bond motifs is 1. The molecule has 2 aliphatic rings. The van der Waals surface area contributed by atoms with E-state index in [9.17, 15) is 0 Å². The fourth-order valence-electron chi connectivity index (χ4n) is 9.96. The Bertz CT molecular complexity index is 2100. The molecule has 2 aromatic heterocycles. The Balaban J connectivity index is 1.46. The highest BCUT2D eigenvalue weighted by atomic mass is 15.5. The number of hydrogen-bond donors (Lipinski definition) is 3. The van der Waals surface area contributed by atoms with Crippen molar-refractivity contribution < 1.29 is 0 Å². The SMILES string of the molecule is C=CCCC(C)(C)Cc1c(-c2cccnc2C(C)C)n(CC)c2ccc(-c3cc(CC(=C)C)cc(CC(NC(=C)C(NC)C4CCCC4)C(=C)N4CCCCN4)c3)cc12. The van der Waals surface area contributed by atoms with Crippen LogP contribution in [0.2, 0.25) is 0 Å². The lowest BCUT2D eigenvalue weighted by Gasteiger charge is -2.37. The molecule has 1 saturated carbocycles. The summed E-state index contributed by atoms with van der Waals surface area (Å²) in [6.45, 7) is 34.4. The van der Waals surface area contributed by atoms with Crippen LogP contribution in [0.3, 0.4) is 0 Å². The maximum absolute atomic E-state index is 4.95. The van der Waals surface area contributed by atoms with Crippen molar-refractivity contribution in [2.45, 2.75) is 137 Å². The van der Waals surface area contributed by atoms with E-state index < -0.39 is 0 Å². The van der Waals surface area contributed by atoms with Crippen LogP contribution in [0.5, 0.6) is 0 Å². The molecule has 1 aliphatic carbocycles. The van der Waals surface area contributed by atoms with Gasteiger partial charge in [-0.1, -0.05) is 96.2 Å². The number of pyridine rings is 1. The van der Waals surface area contributed by atoms with Gasteiger partial charge in [0.25, 0.3) is 0 Å². The standard InChI is InChI=1S/C53H74N6/c1-12-14-25-53(9,10)35-47-46-34-43(23-24-49(46)58(13-2)52(47)45-22-19-26-55-50(45)37(5)6)44-31-40(29-36(3)4)30-41(32-44)33-48(39(8)59-28-18-17-27-56-59)57-38(7)51(54-11)42-20-15-16-21-42/h12,19,22-24,26,30-32,34,37,42,48,51,54,56-57H,1,3,7-8,13-18,20-21,25,27-29,33,35H2,2,4-6,9-11H3. The van der Waals surface area contributed by atoms with E-state index >= 15 is 0 Å². The van der Waals surface area contributed by atoms with Gasteiger partial charge in [0.05, 0.1) is 17.4 Å². The van der Waals surface area contributed by atoms with Gasteiger partial charge < -0.3 is 20.2 Å². The largest absolute Gasteiger partial charge is 0.379 e. The Hall–Kier alpha value is -4.39. The predicted octanol–water partition coefficient (Wildman–Crippen LogP) is 12.1. The second kappa shape index (κ2) is 19.8. The molecule has 0 spiro atoms. The molecular weight excluding hydrogens is 721 g/mol. The predicted molar refractivity (Wildman–Crippen MR) is 253 cm³/mol. The first-order valence-corrected chi connectivity index (χ1v) is 22.6. The number of allylic oxidation sites excluding steroid dienone is 2. The molecule has 0 radical (unpaired) electrons. The minimum absolute atomic E-state index is 0.0130. The number of nitrogens with one attached hydrogen (secondary N) is 3. The van der Waals surface area contributed by atoms with Crippen LogP contribution >= 0.6 is 0 Å². The quantitative estimate of drug-likeness (QED) is 0.0778. The van der Waals surface area contributed by atoms with Crippen molar-refractivity contribution in [1.29, 1.82) is 0 Å². The van der Waals surface area contributed by atoms with E-state index in [0.29, 0.717) is 11.8 Å². The number of hydrazine groups is 1. The first kappa shape index (κ1) is 44.2. The van der Waals surface area contributed by atoms with Crippen molar-refractivity contribution in [1.82, 2.24) is 30.6 Å². The maximum Gasteiger partial charge on any atom is 0.0707 e. The molecule has 2 fully saturated rings. The summed E-state index contributed by atoms with van der Waals surface area (Å²) < 4.78 is 2.54.